The first-order valence-corrected chi connectivity index (χ1v) is 13.1. The van der Waals surface area contributed by atoms with Gasteiger partial charge in [-0.2, -0.15) is 0 Å². The minimum Gasteiger partial charge on any atom is -0.489 e. The van der Waals surface area contributed by atoms with Gasteiger partial charge in [0, 0.05) is 23.4 Å². The van der Waals surface area contributed by atoms with Gasteiger partial charge in [0.25, 0.3) is 0 Å². The maximum absolute atomic E-state index is 13.6. The number of nitrogens with zero attached hydrogens (tertiary/aromatic N) is 2. The number of amides is 2. The molecule has 5 aliphatic rings. The van der Waals surface area contributed by atoms with Gasteiger partial charge in [-0.15, -0.1) is 0 Å². The molecule has 2 aliphatic heterocycles. The van der Waals surface area contributed by atoms with Gasteiger partial charge in [0.05, 0.1) is 17.5 Å². The lowest BCUT2D eigenvalue weighted by Gasteiger charge is -2.30. The summed E-state index contributed by atoms with van der Waals surface area (Å²) >= 11 is 0. The van der Waals surface area contributed by atoms with Crippen LogP contribution in [0.2, 0.25) is 0 Å². The van der Waals surface area contributed by atoms with Gasteiger partial charge in [-0.25, -0.2) is 0 Å². The first kappa shape index (κ1) is 21.2. The van der Waals surface area contributed by atoms with Crippen molar-refractivity contribution in [1.82, 2.24) is 4.90 Å². The monoisotopic (exact) mass is 470 g/mol. The molecule has 2 aromatic rings. The Bertz CT molecular complexity index is 1170. The number of hydrogen-bond acceptors (Lipinski definition) is 5. The number of carbonyl (C=O) groups excluding carboxylic acids is 2. The smallest absolute Gasteiger partial charge is 0.233 e. The Morgan fingerprint density at radius 1 is 0.857 bits per heavy atom. The van der Waals surface area contributed by atoms with Crippen molar-refractivity contribution in [2.75, 3.05) is 0 Å². The van der Waals surface area contributed by atoms with Gasteiger partial charge in [-0.3, -0.25) is 14.5 Å². The number of carbonyl (C=O) groups is 2. The summed E-state index contributed by atoms with van der Waals surface area (Å²) in [6.45, 7) is 0.523. The Balaban J connectivity index is 1.08. The summed E-state index contributed by atoms with van der Waals surface area (Å²) in [7, 11) is 0. The Morgan fingerprint density at radius 2 is 1.57 bits per heavy atom. The molecule has 35 heavy (non-hydrogen) atoms. The molecule has 6 heteroatoms. The average Bonchev–Trinajstić information content (AvgIpc) is 3.65. The molecule has 6 nitrogen and oxygen atoms in total. The molecule has 4 fully saturated rings. The van der Waals surface area contributed by atoms with Gasteiger partial charge < -0.3 is 9.57 Å². The fourth-order valence-corrected chi connectivity index (χ4v) is 7.55. The third-order valence-electron chi connectivity index (χ3n) is 9.06. The van der Waals surface area contributed by atoms with Crippen molar-refractivity contribution in [3.05, 3.63) is 65.7 Å². The Morgan fingerprint density at radius 3 is 2.31 bits per heavy atom. The number of benzene rings is 2. The number of fused-ring (bicyclic) bond motifs is 8. The van der Waals surface area contributed by atoms with Crippen LogP contribution in [-0.2, 0) is 21.0 Å². The summed E-state index contributed by atoms with van der Waals surface area (Å²) < 4.78 is 5.94. The van der Waals surface area contributed by atoms with Gasteiger partial charge in [-0.05, 0) is 55.0 Å². The highest BCUT2D eigenvalue weighted by molar-refractivity contribution is 6.09. The third kappa shape index (κ3) is 3.25. The first-order chi connectivity index (χ1) is 17.2. The lowest BCUT2D eigenvalue weighted by atomic mass is 9.71. The minimum atomic E-state index is -0.209. The molecule has 7 rings (SSSR count). The molecule has 0 unspecified atom stereocenters. The van der Waals surface area contributed by atoms with Crippen molar-refractivity contribution >= 4 is 17.5 Å². The maximum Gasteiger partial charge on any atom is 0.233 e. The molecule has 180 valence electrons. The molecule has 6 atom stereocenters. The van der Waals surface area contributed by atoms with Crippen LogP contribution in [0.5, 0.6) is 5.75 Å². The van der Waals surface area contributed by atoms with Crippen molar-refractivity contribution in [1.29, 1.82) is 0 Å². The Hall–Kier alpha value is -3.15. The van der Waals surface area contributed by atoms with Crippen LogP contribution in [0.1, 0.15) is 49.7 Å². The van der Waals surface area contributed by atoms with Gasteiger partial charge in [-0.1, -0.05) is 54.8 Å². The van der Waals surface area contributed by atoms with E-state index in [1.807, 2.05) is 54.6 Å². The summed E-state index contributed by atoms with van der Waals surface area (Å²) in [6.07, 6.45) is 6.15. The quantitative estimate of drug-likeness (QED) is 0.601. The Labute approximate surface area is 205 Å². The van der Waals surface area contributed by atoms with Gasteiger partial charge in [0.2, 0.25) is 11.8 Å². The second-order valence-corrected chi connectivity index (χ2v) is 10.8. The topological polar surface area (TPSA) is 68.2 Å². The van der Waals surface area contributed by atoms with Crippen LogP contribution < -0.4 is 4.74 Å². The normalized spacial score (nSPS) is 33.5. The summed E-state index contributed by atoms with van der Waals surface area (Å²) in [6, 6.07) is 18.2. The second-order valence-electron chi connectivity index (χ2n) is 10.8. The molecule has 0 spiro atoms. The van der Waals surface area contributed by atoms with Crippen LogP contribution in [0.25, 0.3) is 0 Å². The van der Waals surface area contributed by atoms with E-state index >= 15 is 0 Å². The highest BCUT2D eigenvalue weighted by atomic mass is 16.6. The molecular weight excluding hydrogens is 440 g/mol. The molecule has 2 aromatic carbocycles. The predicted molar refractivity (Wildman–Crippen MR) is 129 cm³/mol. The summed E-state index contributed by atoms with van der Waals surface area (Å²) in [5, 5.41) is 4.48. The second kappa shape index (κ2) is 8.21. The van der Waals surface area contributed by atoms with Crippen LogP contribution in [0.15, 0.2) is 59.8 Å². The van der Waals surface area contributed by atoms with Gasteiger partial charge >= 0.3 is 0 Å². The fourth-order valence-electron chi connectivity index (χ4n) is 7.55. The molecule has 2 amide bonds. The van der Waals surface area contributed by atoms with Crippen LogP contribution >= 0.6 is 0 Å². The predicted octanol–water partition coefficient (Wildman–Crippen LogP) is 4.57. The maximum atomic E-state index is 13.6. The highest BCUT2D eigenvalue weighted by Gasteiger charge is 2.70. The molecule has 2 bridgehead atoms. The van der Waals surface area contributed by atoms with E-state index in [4.69, 9.17) is 9.57 Å². The summed E-state index contributed by atoms with van der Waals surface area (Å²) in [4.78, 5) is 34.6. The minimum absolute atomic E-state index is 0.0646. The van der Waals surface area contributed by atoms with E-state index in [1.54, 1.807) is 4.90 Å². The van der Waals surface area contributed by atoms with Crippen molar-refractivity contribution in [3.8, 4) is 5.75 Å². The fraction of sp³-hybridized carbons (Fsp3) is 0.483. The molecule has 3 saturated carbocycles. The number of oxime groups is 1. The molecule has 0 N–H and O–H groups in total. The zero-order valence-corrected chi connectivity index (χ0v) is 19.7. The van der Waals surface area contributed by atoms with E-state index in [1.165, 1.54) is 6.42 Å². The van der Waals surface area contributed by atoms with Crippen LogP contribution in [0.4, 0.5) is 0 Å². The molecule has 3 aliphatic carbocycles. The van der Waals surface area contributed by atoms with Crippen molar-refractivity contribution in [2.24, 2.45) is 34.7 Å². The number of ether oxygens (including phenoxy) is 1. The number of likely N-dealkylation sites (tertiary alicyclic amines) is 1. The molecular formula is C29H30N2O4. The van der Waals surface area contributed by atoms with Crippen LogP contribution in [0, 0.1) is 29.6 Å². The zero-order chi connectivity index (χ0) is 23.5. The molecule has 2 heterocycles. The third-order valence-corrected chi connectivity index (χ3v) is 9.06. The van der Waals surface area contributed by atoms with Crippen LogP contribution in [-0.4, -0.2) is 34.6 Å². The van der Waals surface area contributed by atoms with E-state index in [-0.39, 0.29) is 53.5 Å². The SMILES string of the molecule is O=C1[C@@H]2[C@H]3C[C@H]([C@H]4ON=C(c5ccc(OCc6ccccc6)cc5)[C@@H]34)[C@@H]2C(=O)N1C1CCCCC1. The van der Waals surface area contributed by atoms with E-state index in [2.05, 4.69) is 5.16 Å². The van der Waals surface area contributed by atoms with Gasteiger partial charge in [0.15, 0.2) is 0 Å². The average molecular weight is 471 g/mol. The lowest BCUT2D eigenvalue weighted by molar-refractivity contribution is -0.144. The van der Waals surface area contributed by atoms with E-state index in [0.29, 0.717) is 6.61 Å². The van der Waals surface area contributed by atoms with Crippen LogP contribution in [0.3, 0.4) is 0 Å². The largest absolute Gasteiger partial charge is 0.489 e. The van der Waals surface area contributed by atoms with E-state index in [0.717, 1.165) is 54.7 Å². The molecule has 0 radical (unpaired) electrons. The summed E-state index contributed by atoms with van der Waals surface area (Å²) in [5.41, 5.74) is 3.06. The van der Waals surface area contributed by atoms with Gasteiger partial charge in [0.1, 0.15) is 18.5 Å². The van der Waals surface area contributed by atoms with Crippen molar-refractivity contribution in [2.45, 2.75) is 57.3 Å². The van der Waals surface area contributed by atoms with Crippen molar-refractivity contribution in [3.63, 3.8) is 0 Å². The number of imide groups is 1. The molecule has 1 saturated heterocycles. The van der Waals surface area contributed by atoms with Crippen molar-refractivity contribution < 1.29 is 19.2 Å². The number of rotatable bonds is 5. The lowest BCUT2D eigenvalue weighted by Crippen LogP contribution is -2.42. The van der Waals surface area contributed by atoms with E-state index in [9.17, 15) is 9.59 Å². The molecule has 0 aromatic heterocycles. The zero-order valence-electron chi connectivity index (χ0n) is 19.7. The number of hydrogen-bond donors (Lipinski definition) is 0. The summed E-state index contributed by atoms with van der Waals surface area (Å²) in [5.74, 6) is 0.852. The highest BCUT2D eigenvalue weighted by Crippen LogP contribution is 2.62. The van der Waals surface area contributed by atoms with E-state index < -0.39 is 0 Å². The Kier molecular flexibility index (Phi) is 4.97. The first-order valence-electron chi connectivity index (χ1n) is 13.1. The standard InChI is InChI=1S/C29H30N2O4/c32-28-23-21-15-22(24(23)29(33)31(28)19-9-5-2-6-10-19)27-25(21)26(30-35-27)18-11-13-20(14-12-18)34-16-17-7-3-1-4-8-17/h1,3-4,7-8,11-14,19,21-25,27H,2,5-6,9-10,15-16H2/t21-,22+,23-,24+,25-,27-/m1/s1.